The molecule has 7 atom stereocenters. The number of Topliss-reactive ketones (excluding diaryl/α,β-unsaturated/α-hetero) is 3. The zero-order valence-corrected chi connectivity index (χ0v) is 21.7. The lowest BCUT2D eigenvalue weighted by molar-refractivity contribution is -0.190. The average Bonchev–Trinajstić information content (AvgIpc) is 3.38. The van der Waals surface area contributed by atoms with Crippen molar-refractivity contribution in [2.45, 2.75) is 49.9 Å². The van der Waals surface area contributed by atoms with E-state index in [1.807, 2.05) is 0 Å². The van der Waals surface area contributed by atoms with Crippen molar-refractivity contribution in [2.24, 2.45) is 29.4 Å². The highest BCUT2D eigenvalue weighted by Gasteiger charge is 2.69. The molecule has 3 unspecified atom stereocenters. The van der Waals surface area contributed by atoms with Gasteiger partial charge in [0.15, 0.2) is 23.0 Å². The van der Waals surface area contributed by atoms with E-state index < -0.39 is 64.7 Å². The molecule has 0 radical (unpaired) electrons. The third kappa shape index (κ3) is 3.72. The van der Waals surface area contributed by atoms with Crippen LogP contribution in [-0.4, -0.2) is 93.3 Å². The van der Waals surface area contributed by atoms with Crippen LogP contribution >= 0.6 is 0 Å². The van der Waals surface area contributed by atoms with Gasteiger partial charge in [-0.2, -0.15) is 0 Å². The molecule has 5 rings (SSSR count). The summed E-state index contributed by atoms with van der Waals surface area (Å²) in [4.78, 5) is 57.0. The molecule has 0 bridgehead atoms. The maximum Gasteiger partial charge on any atom is 0.230 e. The average molecular weight is 526 g/mol. The largest absolute Gasteiger partial charge is 0.507 e. The van der Waals surface area contributed by atoms with E-state index >= 15 is 0 Å². The number of rotatable bonds is 5. The van der Waals surface area contributed by atoms with Crippen LogP contribution in [0.3, 0.4) is 0 Å². The van der Waals surface area contributed by atoms with Gasteiger partial charge in [0.05, 0.1) is 17.6 Å². The third-order valence-corrected chi connectivity index (χ3v) is 9.22. The van der Waals surface area contributed by atoms with Crippen molar-refractivity contribution in [3.8, 4) is 5.75 Å². The molecule has 1 heterocycles. The Kier molecular flexibility index (Phi) is 6.48. The molecular weight excluding hydrogens is 490 g/mol. The minimum Gasteiger partial charge on any atom is -0.507 e. The van der Waals surface area contributed by atoms with Gasteiger partial charge in [-0.25, -0.2) is 0 Å². The number of phenols is 1. The standard InChI is InChI=1S/C28H35N3O7/c1-13(31-8-4-5-9-31)10-14-6-7-18(32)20-16(14)11-15-12-17-22(30(2)3)24(34)21(27(29)37)26(36)28(17,38)25(35)19(15)23(20)33/h6-7,15,17,19,21-22,24,32,34,38H,1,4-5,8-12H2,2-3H3,(H2,29,37)/t15-,17-,19?,21?,22-,24?,28-/m1/s1. The molecule has 1 aromatic rings. The van der Waals surface area contributed by atoms with E-state index in [1.54, 1.807) is 25.1 Å². The number of benzene rings is 1. The van der Waals surface area contributed by atoms with Gasteiger partial charge in [0.25, 0.3) is 0 Å². The summed E-state index contributed by atoms with van der Waals surface area (Å²) in [6.45, 7) is 6.07. The predicted molar refractivity (Wildman–Crippen MR) is 136 cm³/mol. The van der Waals surface area contributed by atoms with Crippen molar-refractivity contribution < 1.29 is 34.5 Å². The molecule has 1 aliphatic heterocycles. The van der Waals surface area contributed by atoms with E-state index in [4.69, 9.17) is 5.73 Å². The van der Waals surface area contributed by atoms with Gasteiger partial charge in [-0.1, -0.05) is 12.6 Å². The SMILES string of the molecule is C=C(Cc1ccc(O)c2c1C[C@@H]1C[C@@H]3[C@@H](N(C)C)C(O)C(C(N)=O)C(=O)[C@]3(O)C(=O)C1C2=O)N1CCCC1. The number of aliphatic hydroxyl groups is 2. The molecule has 3 aliphatic carbocycles. The fourth-order valence-corrected chi connectivity index (χ4v) is 7.42. The normalized spacial score (nSPS) is 34.7. The first-order valence-electron chi connectivity index (χ1n) is 13.1. The highest BCUT2D eigenvalue weighted by atomic mass is 16.3. The van der Waals surface area contributed by atoms with Crippen molar-refractivity contribution in [3.05, 3.63) is 41.1 Å². The number of carbonyl (C=O) groups is 4. The number of hydrogen-bond acceptors (Lipinski definition) is 9. The van der Waals surface area contributed by atoms with Crippen LogP contribution in [0.2, 0.25) is 0 Å². The zero-order chi connectivity index (χ0) is 27.7. The van der Waals surface area contributed by atoms with Crippen molar-refractivity contribution in [1.82, 2.24) is 9.80 Å². The van der Waals surface area contributed by atoms with E-state index in [0.29, 0.717) is 12.0 Å². The van der Waals surface area contributed by atoms with Gasteiger partial charge in [0.1, 0.15) is 11.7 Å². The molecule has 4 aliphatic rings. The number of fused-ring (bicyclic) bond motifs is 3. The molecule has 5 N–H and O–H groups in total. The lowest BCUT2D eigenvalue weighted by Crippen LogP contribution is -2.75. The minimum atomic E-state index is -2.65. The van der Waals surface area contributed by atoms with Crippen molar-refractivity contribution in [3.63, 3.8) is 0 Å². The van der Waals surface area contributed by atoms with Gasteiger partial charge >= 0.3 is 0 Å². The topological polar surface area (TPSA) is 161 Å². The number of hydrogen-bond donors (Lipinski definition) is 4. The molecule has 1 aromatic carbocycles. The number of allylic oxidation sites excluding steroid dienone is 1. The Morgan fingerprint density at radius 2 is 1.84 bits per heavy atom. The summed E-state index contributed by atoms with van der Waals surface area (Å²) in [5.74, 6) is -8.94. The summed E-state index contributed by atoms with van der Waals surface area (Å²) < 4.78 is 0. The Balaban J connectivity index is 1.56. The molecule has 38 heavy (non-hydrogen) atoms. The molecule has 2 saturated carbocycles. The second kappa shape index (κ2) is 9.29. The van der Waals surface area contributed by atoms with E-state index in [-0.39, 0.29) is 24.2 Å². The highest BCUT2D eigenvalue weighted by molar-refractivity contribution is 6.25. The second-order valence-corrected chi connectivity index (χ2v) is 11.5. The fraction of sp³-hybridized carbons (Fsp3) is 0.571. The summed E-state index contributed by atoms with van der Waals surface area (Å²) in [5.41, 5.74) is 5.20. The van der Waals surface area contributed by atoms with Crippen molar-refractivity contribution >= 4 is 23.3 Å². The maximum absolute atomic E-state index is 13.9. The number of aromatic hydroxyl groups is 1. The second-order valence-electron chi connectivity index (χ2n) is 11.5. The van der Waals surface area contributed by atoms with Crippen LogP contribution in [0.15, 0.2) is 24.4 Å². The van der Waals surface area contributed by atoms with Gasteiger partial charge < -0.3 is 30.9 Å². The fourth-order valence-electron chi connectivity index (χ4n) is 7.42. The molecule has 3 fully saturated rings. The zero-order valence-electron chi connectivity index (χ0n) is 21.7. The number of likely N-dealkylation sites (tertiary alicyclic amines) is 1. The number of nitrogens with zero attached hydrogens (tertiary/aromatic N) is 2. The van der Waals surface area contributed by atoms with E-state index in [2.05, 4.69) is 11.5 Å². The predicted octanol–water partition coefficient (Wildman–Crippen LogP) is -0.189. The molecule has 10 nitrogen and oxygen atoms in total. The van der Waals surface area contributed by atoms with Gasteiger partial charge in [-0.05, 0) is 62.9 Å². The smallest absolute Gasteiger partial charge is 0.230 e. The number of likely N-dealkylation sites (N-methyl/N-ethyl adjacent to an activating group) is 1. The molecule has 10 heteroatoms. The lowest BCUT2D eigenvalue weighted by atomic mass is 9.52. The molecule has 0 aromatic heterocycles. The monoisotopic (exact) mass is 525 g/mol. The van der Waals surface area contributed by atoms with Crippen LogP contribution in [0, 0.1) is 23.7 Å². The van der Waals surface area contributed by atoms with Crippen LogP contribution < -0.4 is 5.73 Å². The number of primary amides is 1. The first-order valence-corrected chi connectivity index (χ1v) is 13.1. The first kappa shape index (κ1) is 26.5. The Labute approximate surface area is 221 Å². The van der Waals surface area contributed by atoms with Gasteiger partial charge in [0, 0.05) is 37.2 Å². The number of carbonyl (C=O) groups excluding carboxylic acids is 4. The summed E-state index contributed by atoms with van der Waals surface area (Å²) >= 11 is 0. The van der Waals surface area contributed by atoms with Crippen molar-refractivity contribution in [2.75, 3.05) is 27.2 Å². The summed E-state index contributed by atoms with van der Waals surface area (Å²) in [7, 11) is 3.25. The quantitative estimate of drug-likeness (QED) is 0.382. The lowest BCUT2D eigenvalue weighted by Gasteiger charge is -2.54. The maximum atomic E-state index is 13.9. The van der Waals surface area contributed by atoms with Crippen LogP contribution in [0.5, 0.6) is 5.75 Å². The summed E-state index contributed by atoms with van der Waals surface area (Å²) in [6, 6.07) is 2.29. The number of amides is 1. The van der Waals surface area contributed by atoms with Gasteiger partial charge in [-0.3, -0.25) is 19.2 Å². The van der Waals surface area contributed by atoms with Crippen LogP contribution in [0.25, 0.3) is 0 Å². The number of nitrogens with two attached hydrogens (primary N) is 1. The Bertz CT molecular complexity index is 1240. The molecular formula is C28H35N3O7. The Morgan fingerprint density at radius 3 is 2.45 bits per heavy atom. The first-order chi connectivity index (χ1) is 17.9. The summed E-state index contributed by atoms with van der Waals surface area (Å²) in [6.07, 6.45) is 1.54. The highest BCUT2D eigenvalue weighted by Crippen LogP contribution is 2.51. The number of ketones is 3. The van der Waals surface area contributed by atoms with Gasteiger partial charge in [-0.15, -0.1) is 0 Å². The van der Waals surface area contributed by atoms with E-state index in [1.165, 1.54) is 6.07 Å². The number of phenolic OH excluding ortho intramolecular Hbond substituents is 1. The van der Waals surface area contributed by atoms with Crippen LogP contribution in [0.1, 0.15) is 40.7 Å². The molecule has 0 spiro atoms. The minimum absolute atomic E-state index is 0.0345. The van der Waals surface area contributed by atoms with E-state index in [0.717, 1.165) is 37.2 Å². The molecule has 1 amide bonds. The Hall–Kier alpha value is -3.08. The van der Waals surface area contributed by atoms with Crippen molar-refractivity contribution in [1.29, 1.82) is 0 Å². The molecule has 1 saturated heterocycles. The third-order valence-electron chi connectivity index (χ3n) is 9.22. The summed E-state index contributed by atoms with van der Waals surface area (Å²) in [5, 5.41) is 33.3. The van der Waals surface area contributed by atoms with Gasteiger partial charge in [0.2, 0.25) is 5.91 Å². The van der Waals surface area contributed by atoms with Crippen LogP contribution in [0.4, 0.5) is 0 Å². The van der Waals surface area contributed by atoms with E-state index in [9.17, 15) is 34.5 Å². The number of aliphatic hydroxyl groups excluding tert-OH is 1. The van der Waals surface area contributed by atoms with Crippen LogP contribution in [-0.2, 0) is 27.2 Å². The molecule has 204 valence electrons. The Morgan fingerprint density at radius 1 is 1.18 bits per heavy atom.